The molecule has 1 heterocycles. The fourth-order valence-corrected chi connectivity index (χ4v) is 1.63. The number of fused-ring (bicyclic) bond motifs is 1. The number of rotatable bonds is 5. The normalized spacial score (nSPS) is 10.4. The first-order valence-electron chi connectivity index (χ1n) is 6.30. The third-order valence-corrected chi connectivity index (χ3v) is 2.72. The third-order valence-electron chi connectivity index (χ3n) is 2.72. The van der Waals surface area contributed by atoms with Gasteiger partial charge in [0, 0.05) is 27.2 Å². The molecule has 21 heavy (non-hydrogen) atoms. The summed E-state index contributed by atoms with van der Waals surface area (Å²) in [6, 6.07) is 4.58. The van der Waals surface area contributed by atoms with E-state index in [1.807, 2.05) is 0 Å². The molecule has 112 valence electrons. The monoisotopic (exact) mass is 292 g/mol. The van der Waals surface area contributed by atoms with Gasteiger partial charge in [0.2, 0.25) is 0 Å². The maximum Gasteiger partial charge on any atom is 0.335 e. The maximum absolute atomic E-state index is 11.3. The van der Waals surface area contributed by atoms with E-state index in [4.69, 9.17) is 9.52 Å². The van der Waals surface area contributed by atoms with Gasteiger partial charge in [0.15, 0.2) is 5.58 Å². The van der Waals surface area contributed by atoms with Crippen LogP contribution in [0.2, 0.25) is 0 Å². The molecule has 0 saturated carbocycles. The molecule has 8 heteroatoms. The molecule has 8 nitrogen and oxygen atoms in total. The lowest BCUT2D eigenvalue weighted by Crippen LogP contribution is -2.37. The van der Waals surface area contributed by atoms with Gasteiger partial charge >= 0.3 is 12.0 Å². The van der Waals surface area contributed by atoms with Crippen LogP contribution >= 0.6 is 0 Å². The first-order chi connectivity index (χ1) is 9.97. The molecule has 0 aliphatic rings. The van der Waals surface area contributed by atoms with Crippen LogP contribution in [0.15, 0.2) is 22.6 Å². The maximum atomic E-state index is 11.3. The predicted octanol–water partition coefficient (Wildman–Crippen LogP) is 1.21. The van der Waals surface area contributed by atoms with E-state index in [9.17, 15) is 9.59 Å². The summed E-state index contributed by atoms with van der Waals surface area (Å²) >= 11 is 0. The second-order valence-electron chi connectivity index (χ2n) is 4.56. The Labute approximate surface area is 120 Å². The van der Waals surface area contributed by atoms with Crippen LogP contribution in [0.1, 0.15) is 10.4 Å². The van der Waals surface area contributed by atoms with Crippen molar-refractivity contribution in [3.63, 3.8) is 0 Å². The van der Waals surface area contributed by atoms with E-state index in [0.29, 0.717) is 24.2 Å². The number of aromatic nitrogens is 1. The molecule has 0 radical (unpaired) electrons. The minimum atomic E-state index is -1.02. The van der Waals surface area contributed by atoms with Crippen molar-refractivity contribution in [2.75, 3.05) is 32.5 Å². The summed E-state index contributed by atoms with van der Waals surface area (Å²) in [7, 11) is 3.31. The number of urea groups is 1. The van der Waals surface area contributed by atoms with E-state index in [1.165, 1.54) is 17.0 Å². The molecule has 2 amide bonds. The number of hydrogen-bond acceptors (Lipinski definition) is 5. The van der Waals surface area contributed by atoms with Crippen molar-refractivity contribution in [2.45, 2.75) is 0 Å². The van der Waals surface area contributed by atoms with Crippen LogP contribution in [0.4, 0.5) is 10.8 Å². The van der Waals surface area contributed by atoms with Crippen molar-refractivity contribution >= 4 is 29.1 Å². The topological polar surface area (TPSA) is 108 Å². The number of carboxylic acids is 1. The number of nitrogens with zero attached hydrogens (tertiary/aromatic N) is 2. The van der Waals surface area contributed by atoms with Gasteiger partial charge in [-0.1, -0.05) is 0 Å². The van der Waals surface area contributed by atoms with Gasteiger partial charge in [0.1, 0.15) is 5.52 Å². The molecule has 0 saturated heterocycles. The first-order valence-corrected chi connectivity index (χ1v) is 6.30. The number of anilines is 1. The average Bonchev–Trinajstić information content (AvgIpc) is 2.84. The van der Waals surface area contributed by atoms with Gasteiger partial charge < -0.3 is 25.1 Å². The predicted molar refractivity (Wildman–Crippen MR) is 76.5 cm³/mol. The zero-order valence-electron chi connectivity index (χ0n) is 11.7. The highest BCUT2D eigenvalue weighted by Gasteiger charge is 2.09. The number of benzene rings is 1. The Morgan fingerprint density at radius 2 is 2.10 bits per heavy atom. The number of oxazole rings is 1. The van der Waals surface area contributed by atoms with Gasteiger partial charge in [-0.05, 0) is 18.2 Å². The lowest BCUT2D eigenvalue weighted by atomic mass is 10.2. The molecule has 0 fully saturated rings. The molecule has 0 atom stereocenters. The number of nitrogens with one attached hydrogen (secondary N) is 2. The van der Waals surface area contributed by atoms with Crippen LogP contribution in [0.5, 0.6) is 0 Å². The van der Waals surface area contributed by atoms with Gasteiger partial charge in [0.05, 0.1) is 5.56 Å². The molecule has 0 unspecified atom stereocenters. The van der Waals surface area contributed by atoms with Crippen molar-refractivity contribution in [1.82, 2.24) is 15.2 Å². The molecule has 0 bridgehead atoms. The van der Waals surface area contributed by atoms with Crippen LogP contribution in [-0.2, 0) is 0 Å². The van der Waals surface area contributed by atoms with Crippen LogP contribution < -0.4 is 10.6 Å². The Balaban J connectivity index is 1.94. The summed E-state index contributed by atoms with van der Waals surface area (Å²) in [5, 5.41) is 14.5. The summed E-state index contributed by atoms with van der Waals surface area (Å²) in [5.41, 5.74) is 1.11. The average molecular weight is 292 g/mol. The fraction of sp³-hybridized carbons (Fsp3) is 0.308. The molecule has 3 N–H and O–H groups in total. The highest BCUT2D eigenvalue weighted by Crippen LogP contribution is 2.20. The zero-order chi connectivity index (χ0) is 15.4. The Bertz CT molecular complexity index is 665. The first kappa shape index (κ1) is 14.6. The van der Waals surface area contributed by atoms with Gasteiger partial charge in [-0.25, -0.2) is 9.59 Å². The van der Waals surface area contributed by atoms with Crippen LogP contribution in [0, 0.1) is 0 Å². The van der Waals surface area contributed by atoms with E-state index in [1.54, 1.807) is 20.2 Å². The molecule has 1 aromatic carbocycles. The summed E-state index contributed by atoms with van der Waals surface area (Å²) < 4.78 is 5.40. The quantitative estimate of drug-likeness (QED) is 0.715. The van der Waals surface area contributed by atoms with E-state index < -0.39 is 5.97 Å². The number of carbonyl (C=O) groups is 2. The van der Waals surface area contributed by atoms with E-state index >= 15 is 0 Å². The van der Waals surface area contributed by atoms with Crippen molar-refractivity contribution in [2.24, 2.45) is 0 Å². The number of amides is 2. The van der Waals surface area contributed by atoms with Gasteiger partial charge in [-0.15, -0.1) is 0 Å². The minimum Gasteiger partial charge on any atom is -0.478 e. The minimum absolute atomic E-state index is 0.142. The molecule has 2 rings (SSSR count). The van der Waals surface area contributed by atoms with Crippen molar-refractivity contribution < 1.29 is 19.1 Å². The molecule has 0 aliphatic heterocycles. The Morgan fingerprint density at radius 1 is 1.33 bits per heavy atom. The van der Waals surface area contributed by atoms with Crippen molar-refractivity contribution in [3.05, 3.63) is 23.8 Å². The Morgan fingerprint density at radius 3 is 2.76 bits per heavy atom. The van der Waals surface area contributed by atoms with Crippen LogP contribution in [0.25, 0.3) is 11.1 Å². The highest BCUT2D eigenvalue weighted by atomic mass is 16.4. The van der Waals surface area contributed by atoms with Crippen LogP contribution in [0.3, 0.4) is 0 Å². The number of carbonyl (C=O) groups excluding carboxylic acids is 1. The highest BCUT2D eigenvalue weighted by molar-refractivity contribution is 5.92. The summed E-state index contributed by atoms with van der Waals surface area (Å²) in [4.78, 5) is 27.8. The van der Waals surface area contributed by atoms with E-state index in [-0.39, 0.29) is 17.6 Å². The van der Waals surface area contributed by atoms with Gasteiger partial charge in [-0.2, -0.15) is 4.98 Å². The van der Waals surface area contributed by atoms with Gasteiger partial charge in [0.25, 0.3) is 6.01 Å². The van der Waals surface area contributed by atoms with Crippen LogP contribution in [-0.4, -0.2) is 54.2 Å². The van der Waals surface area contributed by atoms with E-state index in [2.05, 4.69) is 15.6 Å². The SMILES string of the molecule is CN(C)C(=O)NCCNc1nc2ccc(C(=O)O)cc2o1. The molecular weight excluding hydrogens is 276 g/mol. The molecule has 0 spiro atoms. The van der Waals surface area contributed by atoms with Crippen molar-refractivity contribution in [3.8, 4) is 0 Å². The molecule has 1 aromatic heterocycles. The number of hydrogen-bond donors (Lipinski definition) is 3. The summed E-state index contributed by atoms with van der Waals surface area (Å²) in [6.45, 7) is 0.855. The molecular formula is C13H16N4O4. The Kier molecular flexibility index (Phi) is 4.27. The summed E-state index contributed by atoms with van der Waals surface area (Å²) in [5.74, 6) is -1.02. The Hall–Kier alpha value is -2.77. The van der Waals surface area contributed by atoms with Gasteiger partial charge in [-0.3, -0.25) is 0 Å². The van der Waals surface area contributed by atoms with E-state index in [0.717, 1.165) is 0 Å². The lowest BCUT2D eigenvalue weighted by molar-refractivity contribution is 0.0697. The molecule has 2 aromatic rings. The lowest BCUT2D eigenvalue weighted by Gasteiger charge is -2.11. The zero-order valence-corrected chi connectivity index (χ0v) is 11.7. The molecule has 0 aliphatic carbocycles. The third kappa shape index (κ3) is 3.62. The smallest absolute Gasteiger partial charge is 0.335 e. The summed E-state index contributed by atoms with van der Waals surface area (Å²) in [6.07, 6.45) is 0. The fourth-order valence-electron chi connectivity index (χ4n) is 1.63. The second-order valence-corrected chi connectivity index (χ2v) is 4.56. The number of aromatic carboxylic acids is 1. The standard InChI is InChI=1S/C13H16N4O4/c1-17(2)13(20)15-6-5-14-12-16-9-4-3-8(11(18)19)7-10(9)21-12/h3-4,7H,5-6H2,1-2H3,(H,14,16)(H,15,20)(H,18,19). The second kappa shape index (κ2) is 6.12. The van der Waals surface area contributed by atoms with Crippen molar-refractivity contribution in [1.29, 1.82) is 0 Å². The number of carboxylic acid groups (broad SMARTS) is 1. The largest absolute Gasteiger partial charge is 0.478 e.